The Hall–Kier alpha value is -2.95. The fraction of sp³-hybridized carbons (Fsp3) is 0.375. The largest absolute Gasteiger partial charge is 0.466 e. The first-order chi connectivity index (χ1) is 12.8. The van der Waals surface area contributed by atoms with Crippen LogP contribution < -0.4 is 0 Å². The number of imidazole rings is 1. The van der Waals surface area contributed by atoms with Crippen LogP contribution in [0.15, 0.2) is 22.3 Å². The van der Waals surface area contributed by atoms with Gasteiger partial charge in [0.15, 0.2) is 16.7 Å². The molecule has 1 fully saturated rings. The summed E-state index contributed by atoms with van der Waals surface area (Å²) < 4.78 is 10.9. The highest BCUT2D eigenvalue weighted by Crippen LogP contribution is 2.32. The first-order valence-corrected chi connectivity index (χ1v) is 8.66. The van der Waals surface area contributed by atoms with E-state index in [4.69, 9.17) is 4.74 Å². The average molecular weight is 394 g/mol. The smallest absolute Gasteiger partial charge is 0.358 e. The lowest BCUT2D eigenvalue weighted by atomic mass is 10.4. The summed E-state index contributed by atoms with van der Waals surface area (Å²) in [6.07, 6.45) is 2.37. The van der Waals surface area contributed by atoms with E-state index in [1.807, 2.05) is 0 Å². The van der Waals surface area contributed by atoms with E-state index in [0.717, 1.165) is 17.8 Å². The Bertz CT molecular complexity index is 857. The molecule has 0 unspecified atom stereocenters. The number of amides is 1. The molecule has 1 aliphatic rings. The monoisotopic (exact) mass is 394 g/mol. The zero-order valence-corrected chi connectivity index (χ0v) is 16.0. The van der Waals surface area contributed by atoms with E-state index in [1.165, 1.54) is 36.9 Å². The maximum atomic E-state index is 12.3. The maximum Gasteiger partial charge on any atom is 0.358 e. The van der Waals surface area contributed by atoms with Crippen LogP contribution in [-0.2, 0) is 30.4 Å². The molecule has 27 heavy (non-hydrogen) atoms. The minimum absolute atomic E-state index is 0.00592. The van der Waals surface area contributed by atoms with Crippen molar-refractivity contribution < 1.29 is 28.7 Å². The van der Waals surface area contributed by atoms with Gasteiger partial charge in [-0.3, -0.25) is 14.5 Å². The lowest BCUT2D eigenvalue weighted by molar-refractivity contribution is -0.135. The summed E-state index contributed by atoms with van der Waals surface area (Å²) in [5, 5.41) is 0.216. The molecule has 2 heterocycles. The van der Waals surface area contributed by atoms with Crippen molar-refractivity contribution in [3.05, 3.63) is 23.0 Å². The number of rotatable bonds is 6. The molecule has 2 rings (SSSR count). The number of aliphatic imine (C=N–C) groups is 1. The number of carbonyl (C=O) groups excluding carboxylic acids is 4. The number of hydrogen-bond donors (Lipinski definition) is 0. The third-order valence-corrected chi connectivity index (χ3v) is 4.40. The third kappa shape index (κ3) is 4.61. The number of Topliss-reactive ketones (excluding diaryl/α,β-unsaturated/α-hetero) is 1. The summed E-state index contributed by atoms with van der Waals surface area (Å²) >= 11 is 0.941. The number of thioether (sulfide) groups is 1. The quantitative estimate of drug-likeness (QED) is 0.515. The van der Waals surface area contributed by atoms with Crippen LogP contribution in [0.25, 0.3) is 0 Å². The van der Waals surface area contributed by atoms with Gasteiger partial charge >= 0.3 is 11.9 Å². The number of carbonyl (C=O) groups is 4. The van der Waals surface area contributed by atoms with Gasteiger partial charge in [0.2, 0.25) is 0 Å². The van der Waals surface area contributed by atoms with E-state index < -0.39 is 17.8 Å². The Morgan fingerprint density at radius 3 is 2.67 bits per heavy atom. The standard InChI is InChI=1S/C16H18N4O6S/c1-5-26-15(24)12-13(17-8-20(12)7-9(2)21)18-16-19(3)14(23)10(27-16)6-11(22)25-4/h6,8H,5,7H2,1-4H3/b10-6+,18-16-. The second-order valence-electron chi connectivity index (χ2n) is 5.36. The van der Waals surface area contributed by atoms with Gasteiger partial charge in [-0.15, -0.1) is 0 Å². The number of ether oxygens (including phenoxy) is 2. The molecule has 0 radical (unpaired) electrons. The minimum Gasteiger partial charge on any atom is -0.466 e. The van der Waals surface area contributed by atoms with Gasteiger partial charge < -0.3 is 14.0 Å². The molecule has 1 aromatic heterocycles. The van der Waals surface area contributed by atoms with Gasteiger partial charge in [-0.05, 0) is 25.6 Å². The summed E-state index contributed by atoms with van der Waals surface area (Å²) in [5.74, 6) is -1.96. The Morgan fingerprint density at radius 2 is 2.07 bits per heavy atom. The Balaban J connectivity index is 2.43. The molecule has 144 valence electrons. The predicted molar refractivity (Wildman–Crippen MR) is 96.4 cm³/mol. The molecule has 11 heteroatoms. The van der Waals surface area contributed by atoms with E-state index in [-0.39, 0.29) is 40.5 Å². The van der Waals surface area contributed by atoms with E-state index in [2.05, 4.69) is 14.7 Å². The number of amidine groups is 1. The molecule has 10 nitrogen and oxygen atoms in total. The molecule has 1 aliphatic heterocycles. The summed E-state index contributed by atoms with van der Waals surface area (Å²) in [7, 11) is 2.68. The number of methoxy groups -OCH3 is 1. The van der Waals surface area contributed by atoms with Crippen molar-refractivity contribution >= 4 is 46.4 Å². The van der Waals surface area contributed by atoms with Crippen molar-refractivity contribution in [3.8, 4) is 0 Å². The van der Waals surface area contributed by atoms with Crippen LogP contribution in [0.2, 0.25) is 0 Å². The molecular formula is C16H18N4O6S. The molecule has 0 spiro atoms. The minimum atomic E-state index is -0.682. The van der Waals surface area contributed by atoms with Gasteiger partial charge in [-0.1, -0.05) is 0 Å². The second kappa shape index (κ2) is 8.62. The number of likely N-dealkylation sites (N-methyl/N-ethyl adjacent to an activating group) is 1. The maximum absolute atomic E-state index is 12.3. The lowest BCUT2D eigenvalue weighted by Gasteiger charge is -2.08. The first kappa shape index (κ1) is 20.4. The van der Waals surface area contributed by atoms with Crippen LogP contribution in [0.5, 0.6) is 0 Å². The number of ketones is 1. The van der Waals surface area contributed by atoms with Crippen molar-refractivity contribution in [1.82, 2.24) is 14.5 Å². The number of esters is 2. The lowest BCUT2D eigenvalue weighted by Crippen LogP contribution is -2.24. The number of hydrogen-bond acceptors (Lipinski definition) is 9. The molecular weight excluding hydrogens is 376 g/mol. The van der Waals surface area contributed by atoms with Crippen molar-refractivity contribution in [1.29, 1.82) is 0 Å². The van der Waals surface area contributed by atoms with Crippen LogP contribution in [0.1, 0.15) is 24.3 Å². The van der Waals surface area contributed by atoms with Crippen molar-refractivity contribution in [2.45, 2.75) is 20.4 Å². The fourth-order valence-electron chi connectivity index (χ4n) is 2.13. The molecule has 0 aliphatic carbocycles. The third-order valence-electron chi connectivity index (χ3n) is 3.34. The second-order valence-corrected chi connectivity index (χ2v) is 6.37. The van der Waals surface area contributed by atoms with Crippen LogP contribution in [-0.4, -0.2) is 64.0 Å². The molecule has 1 amide bonds. The molecule has 0 atom stereocenters. The van der Waals surface area contributed by atoms with Crippen molar-refractivity contribution in [2.75, 3.05) is 20.8 Å². The fourth-order valence-corrected chi connectivity index (χ4v) is 3.06. The highest BCUT2D eigenvalue weighted by Gasteiger charge is 2.32. The van der Waals surface area contributed by atoms with Gasteiger partial charge in [0, 0.05) is 13.1 Å². The molecule has 1 saturated heterocycles. The van der Waals surface area contributed by atoms with Gasteiger partial charge in [0.05, 0.1) is 31.5 Å². The number of aromatic nitrogens is 2. The molecule has 0 aromatic carbocycles. The molecule has 0 N–H and O–H groups in total. The molecule has 0 saturated carbocycles. The average Bonchev–Trinajstić information content (AvgIpc) is 3.11. The number of nitrogens with zero attached hydrogens (tertiary/aromatic N) is 4. The first-order valence-electron chi connectivity index (χ1n) is 7.84. The normalized spacial score (nSPS) is 16.9. The van der Waals surface area contributed by atoms with Crippen LogP contribution >= 0.6 is 11.8 Å². The predicted octanol–water partition coefficient (Wildman–Crippen LogP) is 0.898. The van der Waals surface area contributed by atoms with Crippen LogP contribution in [0.3, 0.4) is 0 Å². The summed E-state index contributed by atoms with van der Waals surface area (Å²) in [4.78, 5) is 56.9. The topological polar surface area (TPSA) is 120 Å². The van der Waals surface area contributed by atoms with E-state index in [0.29, 0.717) is 0 Å². The molecule has 0 bridgehead atoms. The van der Waals surface area contributed by atoms with Crippen molar-refractivity contribution in [2.24, 2.45) is 4.99 Å². The van der Waals surface area contributed by atoms with Gasteiger partial charge in [0.1, 0.15) is 5.78 Å². The SMILES string of the molecule is CCOC(=O)c1c(/N=C2\S/C(=C/C(=O)OC)C(=O)N2C)ncn1CC(C)=O. The Labute approximate surface area is 159 Å². The van der Waals surface area contributed by atoms with Gasteiger partial charge in [-0.2, -0.15) is 0 Å². The van der Waals surface area contributed by atoms with Crippen molar-refractivity contribution in [3.63, 3.8) is 0 Å². The Morgan fingerprint density at radius 1 is 1.37 bits per heavy atom. The molecule has 1 aromatic rings. The van der Waals surface area contributed by atoms with E-state index in [9.17, 15) is 19.2 Å². The summed E-state index contributed by atoms with van der Waals surface area (Å²) in [6.45, 7) is 3.10. The highest BCUT2D eigenvalue weighted by atomic mass is 32.2. The summed E-state index contributed by atoms with van der Waals surface area (Å²) in [5.41, 5.74) is 0.00592. The zero-order valence-electron chi connectivity index (χ0n) is 15.2. The van der Waals surface area contributed by atoms with Gasteiger partial charge in [0.25, 0.3) is 5.91 Å². The van der Waals surface area contributed by atoms with Gasteiger partial charge in [-0.25, -0.2) is 19.6 Å². The van der Waals surface area contributed by atoms with Crippen LogP contribution in [0, 0.1) is 0 Å². The van der Waals surface area contributed by atoms with Crippen LogP contribution in [0.4, 0.5) is 5.82 Å². The Kier molecular flexibility index (Phi) is 6.50. The summed E-state index contributed by atoms with van der Waals surface area (Å²) in [6, 6.07) is 0. The highest BCUT2D eigenvalue weighted by molar-refractivity contribution is 8.18. The van der Waals surface area contributed by atoms with E-state index in [1.54, 1.807) is 6.92 Å². The van der Waals surface area contributed by atoms with E-state index >= 15 is 0 Å². The zero-order chi connectivity index (χ0) is 20.1.